The predicted octanol–water partition coefficient (Wildman–Crippen LogP) is -2.40. The van der Waals surface area contributed by atoms with Crippen LogP contribution in [0.25, 0.3) is 0 Å². The van der Waals surface area contributed by atoms with E-state index >= 15 is 0 Å². The van der Waals surface area contributed by atoms with Gasteiger partial charge in [-0.25, -0.2) is 0 Å². The minimum Gasteiger partial charge on any atom is -1.00 e. The molecule has 0 radical (unpaired) electrons. The van der Waals surface area contributed by atoms with Gasteiger partial charge in [0.05, 0.1) is 0 Å². The van der Waals surface area contributed by atoms with Crippen LogP contribution in [0.15, 0.2) is 22.8 Å². The van der Waals surface area contributed by atoms with Crippen LogP contribution in [0.2, 0.25) is 8.95 Å². The number of hydrogen-bond donors (Lipinski definition) is 0. The molecule has 0 aromatic rings. The molecule has 1 aliphatic rings. The standard InChI is InChI=1S/C9H13.CH3.2ClH.Ti/c1-6-5-7(2)9(4)8(6)3;;;;/h5H,1-4H3;1H3;2*1H;/q;;;;+2/p-2. The second-order valence-corrected chi connectivity index (χ2v) is 5.93. The normalized spacial score (nSPS) is 25.8. The second-order valence-electron chi connectivity index (χ2n) is 3.53. The first-order valence-corrected chi connectivity index (χ1v) is 6.42. The Morgan fingerprint density at radius 3 is 1.77 bits per heavy atom. The summed E-state index contributed by atoms with van der Waals surface area (Å²) in [5.74, 6) is 0. The molecular weight excluding hydrogens is 239 g/mol. The summed E-state index contributed by atoms with van der Waals surface area (Å²) in [6.45, 7) is 9.14. The maximum atomic E-state index is 2.46. The van der Waals surface area contributed by atoms with Crippen molar-refractivity contribution in [1.82, 2.24) is 0 Å². The van der Waals surface area contributed by atoms with Gasteiger partial charge in [0.25, 0.3) is 0 Å². The fraction of sp³-hybridized carbons (Fsp3) is 0.600. The van der Waals surface area contributed by atoms with Crippen molar-refractivity contribution in [2.45, 2.75) is 36.6 Å². The van der Waals surface area contributed by atoms with Crippen LogP contribution in [0.4, 0.5) is 0 Å². The molecule has 13 heavy (non-hydrogen) atoms. The zero-order valence-corrected chi connectivity index (χ0v) is 11.9. The quantitative estimate of drug-likeness (QED) is 0.458. The molecule has 0 heterocycles. The molecule has 0 amide bonds. The fourth-order valence-electron chi connectivity index (χ4n) is 1.59. The van der Waals surface area contributed by atoms with E-state index < -0.39 is 0 Å². The van der Waals surface area contributed by atoms with E-state index in [1.165, 1.54) is 11.1 Å². The molecule has 0 spiro atoms. The van der Waals surface area contributed by atoms with E-state index in [-0.39, 0.29) is 44.0 Å². The van der Waals surface area contributed by atoms with Crippen molar-refractivity contribution in [2.75, 3.05) is 0 Å². The van der Waals surface area contributed by atoms with Crippen molar-refractivity contribution in [3.8, 4) is 0 Å². The van der Waals surface area contributed by atoms with Crippen LogP contribution < -0.4 is 24.8 Å². The molecule has 0 N–H and O–H groups in total. The zero-order valence-electron chi connectivity index (χ0n) is 8.83. The summed E-state index contributed by atoms with van der Waals surface area (Å²) in [7, 11) is 0. The molecule has 0 bridgehead atoms. The summed E-state index contributed by atoms with van der Waals surface area (Å²) >= 11 is 0.165. The summed E-state index contributed by atoms with van der Waals surface area (Å²) < 4.78 is 0.480. The van der Waals surface area contributed by atoms with Gasteiger partial charge in [-0.1, -0.05) is 0 Å². The van der Waals surface area contributed by atoms with Gasteiger partial charge in [-0.2, -0.15) is 0 Å². The molecule has 0 fully saturated rings. The summed E-state index contributed by atoms with van der Waals surface area (Å²) in [4.78, 5) is 0. The molecule has 0 saturated heterocycles. The Morgan fingerprint density at radius 2 is 1.62 bits per heavy atom. The van der Waals surface area contributed by atoms with Crippen molar-refractivity contribution in [2.24, 2.45) is 0 Å². The van der Waals surface area contributed by atoms with E-state index in [2.05, 4.69) is 39.0 Å². The van der Waals surface area contributed by atoms with Crippen LogP contribution >= 0.6 is 0 Å². The van der Waals surface area contributed by atoms with E-state index in [0.717, 1.165) is 0 Å². The van der Waals surface area contributed by atoms with Gasteiger partial charge in [-0.15, -0.1) is 0 Å². The molecule has 0 saturated carbocycles. The van der Waals surface area contributed by atoms with Crippen LogP contribution in [0, 0.1) is 0 Å². The molecular formula is C10H16Cl2Ti. The van der Waals surface area contributed by atoms with E-state index in [9.17, 15) is 0 Å². The molecule has 3 heteroatoms. The van der Waals surface area contributed by atoms with E-state index in [0.29, 0.717) is 3.72 Å². The summed E-state index contributed by atoms with van der Waals surface area (Å²) in [6.07, 6.45) is 2.46. The first-order valence-electron chi connectivity index (χ1n) is 4.08. The largest absolute Gasteiger partial charge is 1.00 e. The molecule has 0 aromatic carbocycles. The Balaban J connectivity index is 0. The summed E-state index contributed by atoms with van der Waals surface area (Å²) in [6, 6.07) is 0. The van der Waals surface area contributed by atoms with Crippen LogP contribution in [0.3, 0.4) is 0 Å². The van der Waals surface area contributed by atoms with Gasteiger partial charge in [0.15, 0.2) is 0 Å². The molecule has 0 aromatic heterocycles. The van der Waals surface area contributed by atoms with Gasteiger partial charge < -0.3 is 24.8 Å². The number of rotatable bonds is 1. The van der Waals surface area contributed by atoms with E-state index in [4.69, 9.17) is 0 Å². The fourth-order valence-corrected chi connectivity index (χ4v) is 3.04. The molecule has 0 aliphatic heterocycles. The number of halogens is 2. The number of hydrogen-bond acceptors (Lipinski definition) is 0. The molecule has 74 valence electrons. The summed E-state index contributed by atoms with van der Waals surface area (Å²) in [5.41, 5.74) is 4.63. The first kappa shape index (κ1) is 16.2. The molecule has 1 unspecified atom stereocenters. The predicted molar refractivity (Wildman–Crippen MR) is 46.4 cm³/mol. The average molecular weight is 255 g/mol. The Hall–Kier alpha value is 0.774. The van der Waals surface area contributed by atoms with Crippen LogP contribution in [-0.4, -0.2) is 0 Å². The topological polar surface area (TPSA) is 0 Å². The van der Waals surface area contributed by atoms with Gasteiger partial charge in [0.1, 0.15) is 0 Å². The van der Waals surface area contributed by atoms with Gasteiger partial charge >= 0.3 is 78.6 Å². The third-order valence-corrected chi connectivity index (χ3v) is 5.39. The Morgan fingerprint density at radius 1 is 1.15 bits per heavy atom. The smallest absolute Gasteiger partial charge is 1.00 e. The third-order valence-electron chi connectivity index (χ3n) is 2.96. The Labute approximate surface area is 103 Å². The first-order chi connectivity index (χ1) is 5.01. The SMILES string of the molecule is [CH3][Ti+2][C]1(C)C=C(C)C(C)=C1C.[Cl-].[Cl-]. The van der Waals surface area contributed by atoms with Crippen molar-refractivity contribution < 1.29 is 44.0 Å². The minimum atomic E-state index is 0. The van der Waals surface area contributed by atoms with Crippen molar-refractivity contribution in [3.05, 3.63) is 22.8 Å². The van der Waals surface area contributed by atoms with Gasteiger partial charge in [0, 0.05) is 0 Å². The molecule has 1 rings (SSSR count). The Bertz CT molecular complexity index is 243. The maximum Gasteiger partial charge on any atom is -1.00 e. The molecule has 1 atom stereocenters. The number of allylic oxidation sites excluding steroid dienone is 4. The third kappa shape index (κ3) is 2.86. The van der Waals surface area contributed by atoms with Crippen LogP contribution in [-0.2, 0) is 19.2 Å². The van der Waals surface area contributed by atoms with Crippen molar-refractivity contribution in [1.29, 1.82) is 0 Å². The van der Waals surface area contributed by atoms with E-state index in [1.807, 2.05) is 0 Å². The molecule has 1 aliphatic carbocycles. The van der Waals surface area contributed by atoms with Gasteiger partial charge in [-0.3, -0.25) is 0 Å². The zero-order chi connectivity index (χ0) is 8.65. The van der Waals surface area contributed by atoms with Gasteiger partial charge in [0.2, 0.25) is 0 Å². The maximum absolute atomic E-state index is 2.46. The average Bonchev–Trinajstić information content (AvgIpc) is 2.17. The van der Waals surface area contributed by atoms with Crippen molar-refractivity contribution in [3.63, 3.8) is 0 Å². The van der Waals surface area contributed by atoms with Gasteiger partial charge in [-0.05, 0) is 0 Å². The summed E-state index contributed by atoms with van der Waals surface area (Å²) in [5, 5.41) is 2.38. The molecule has 0 nitrogen and oxygen atoms in total. The monoisotopic (exact) mass is 254 g/mol. The minimum absolute atomic E-state index is 0. The Kier molecular flexibility index (Phi) is 6.99. The second kappa shape index (κ2) is 5.61. The van der Waals surface area contributed by atoms with Crippen LogP contribution in [0.5, 0.6) is 0 Å². The van der Waals surface area contributed by atoms with Crippen LogP contribution in [0.1, 0.15) is 27.7 Å². The van der Waals surface area contributed by atoms with E-state index in [1.54, 1.807) is 5.57 Å². The van der Waals surface area contributed by atoms with Crippen molar-refractivity contribution >= 4 is 0 Å².